The van der Waals surface area contributed by atoms with Gasteiger partial charge in [-0.2, -0.15) is 5.10 Å². The van der Waals surface area contributed by atoms with Crippen molar-refractivity contribution >= 4 is 17.5 Å². The molecule has 2 atom stereocenters. The minimum absolute atomic E-state index is 0.0120. The van der Waals surface area contributed by atoms with Crippen molar-refractivity contribution in [2.75, 3.05) is 18.4 Å². The lowest BCUT2D eigenvalue weighted by Gasteiger charge is -2.35. The van der Waals surface area contributed by atoms with Crippen LogP contribution in [0.5, 0.6) is 0 Å². The zero-order valence-corrected chi connectivity index (χ0v) is 14.9. The van der Waals surface area contributed by atoms with E-state index in [2.05, 4.69) is 10.4 Å². The van der Waals surface area contributed by atoms with Gasteiger partial charge < -0.3 is 15.0 Å². The highest BCUT2D eigenvalue weighted by Gasteiger charge is 2.26. The lowest BCUT2D eigenvalue weighted by atomic mass is 9.99. The molecule has 2 aliphatic rings. The second-order valence-corrected chi connectivity index (χ2v) is 6.91. The van der Waals surface area contributed by atoms with Gasteiger partial charge in [-0.3, -0.25) is 14.3 Å². The number of aromatic nitrogens is 2. The number of carbonyl (C=O) groups is 2. The third kappa shape index (κ3) is 4.69. The molecule has 0 aromatic carbocycles. The second-order valence-electron chi connectivity index (χ2n) is 6.91. The number of nitrogens with zero attached hydrogens (tertiary/aromatic N) is 3. The first kappa shape index (κ1) is 17.7. The van der Waals surface area contributed by atoms with Crippen LogP contribution in [-0.4, -0.2) is 51.8 Å². The minimum Gasteiger partial charge on any atom is -0.372 e. The molecule has 0 unspecified atom stereocenters. The van der Waals surface area contributed by atoms with Crippen LogP contribution in [0, 0.1) is 0 Å². The topological polar surface area (TPSA) is 76.5 Å². The number of morpholine rings is 1. The van der Waals surface area contributed by atoms with Gasteiger partial charge in [0.2, 0.25) is 5.91 Å². The summed E-state index contributed by atoms with van der Waals surface area (Å²) in [7, 11) is 0. The highest BCUT2D eigenvalue weighted by molar-refractivity contribution is 6.03. The largest absolute Gasteiger partial charge is 0.372 e. The van der Waals surface area contributed by atoms with Crippen molar-refractivity contribution < 1.29 is 14.3 Å². The highest BCUT2D eigenvalue weighted by Crippen LogP contribution is 2.19. The van der Waals surface area contributed by atoms with Crippen molar-refractivity contribution in [2.24, 2.45) is 0 Å². The highest BCUT2D eigenvalue weighted by atomic mass is 16.5. The Balaban J connectivity index is 1.55. The summed E-state index contributed by atoms with van der Waals surface area (Å²) >= 11 is 0. The van der Waals surface area contributed by atoms with Crippen LogP contribution in [0.2, 0.25) is 0 Å². The number of hydrogen-bond donors (Lipinski definition) is 1. The Hall–Kier alpha value is -2.15. The van der Waals surface area contributed by atoms with E-state index in [0.717, 1.165) is 31.3 Å². The Kier molecular flexibility index (Phi) is 5.53. The Morgan fingerprint density at radius 1 is 1.28 bits per heavy atom. The fourth-order valence-electron chi connectivity index (χ4n) is 3.39. The summed E-state index contributed by atoms with van der Waals surface area (Å²) in [6.07, 6.45) is 9.38. The number of anilines is 1. The first-order chi connectivity index (χ1) is 12.0. The molecule has 1 aliphatic carbocycles. The molecule has 7 heteroatoms. The Labute approximate surface area is 148 Å². The van der Waals surface area contributed by atoms with Gasteiger partial charge >= 0.3 is 0 Å². The molecule has 1 saturated heterocycles. The second kappa shape index (κ2) is 7.82. The van der Waals surface area contributed by atoms with Gasteiger partial charge in [0, 0.05) is 24.9 Å². The van der Waals surface area contributed by atoms with Crippen LogP contribution in [-0.2, 0) is 20.9 Å². The summed E-state index contributed by atoms with van der Waals surface area (Å²) in [6.45, 7) is 5.30. The van der Waals surface area contributed by atoms with E-state index in [9.17, 15) is 9.59 Å². The van der Waals surface area contributed by atoms with Crippen molar-refractivity contribution in [1.29, 1.82) is 0 Å². The molecule has 2 heterocycles. The fourth-order valence-corrected chi connectivity index (χ4v) is 3.39. The average Bonchev–Trinajstić information content (AvgIpc) is 3.01. The Bertz CT molecular complexity index is 657. The Morgan fingerprint density at radius 3 is 2.72 bits per heavy atom. The molecule has 0 bridgehead atoms. The zero-order chi connectivity index (χ0) is 17.8. The van der Waals surface area contributed by atoms with Gasteiger partial charge in [-0.25, -0.2) is 0 Å². The van der Waals surface area contributed by atoms with Gasteiger partial charge in [0.05, 0.1) is 24.1 Å². The number of amides is 2. The first-order valence-corrected chi connectivity index (χ1v) is 8.97. The molecule has 25 heavy (non-hydrogen) atoms. The van der Waals surface area contributed by atoms with Crippen LogP contribution in [0.25, 0.3) is 0 Å². The summed E-state index contributed by atoms with van der Waals surface area (Å²) in [4.78, 5) is 26.5. The summed E-state index contributed by atoms with van der Waals surface area (Å²) < 4.78 is 7.22. The SMILES string of the molecule is C[C@@H]1CN(C(=O)Cn2cc(NC(=O)C3=CCCCC3)cn2)C[C@@H](C)O1. The van der Waals surface area contributed by atoms with Crippen LogP contribution in [0.3, 0.4) is 0 Å². The van der Waals surface area contributed by atoms with Gasteiger partial charge in [-0.15, -0.1) is 0 Å². The molecule has 0 radical (unpaired) electrons. The number of rotatable bonds is 4. The van der Waals surface area contributed by atoms with E-state index in [0.29, 0.717) is 18.8 Å². The molecule has 2 amide bonds. The lowest BCUT2D eigenvalue weighted by molar-refractivity contribution is -0.144. The molecule has 3 rings (SSSR count). The maximum atomic E-state index is 12.5. The van der Waals surface area contributed by atoms with Crippen molar-refractivity contribution in [3.05, 3.63) is 24.0 Å². The third-order valence-electron chi connectivity index (χ3n) is 4.54. The van der Waals surface area contributed by atoms with Crippen LogP contribution >= 0.6 is 0 Å². The first-order valence-electron chi connectivity index (χ1n) is 8.97. The molecule has 136 valence electrons. The maximum absolute atomic E-state index is 12.5. The van der Waals surface area contributed by atoms with Crippen LogP contribution < -0.4 is 5.32 Å². The number of nitrogens with one attached hydrogen (secondary N) is 1. The van der Waals surface area contributed by atoms with Gasteiger partial charge in [-0.05, 0) is 39.5 Å². The van der Waals surface area contributed by atoms with Crippen molar-refractivity contribution in [3.8, 4) is 0 Å². The quantitative estimate of drug-likeness (QED) is 0.904. The van der Waals surface area contributed by atoms with Crippen molar-refractivity contribution in [3.63, 3.8) is 0 Å². The predicted octanol–water partition coefficient (Wildman–Crippen LogP) is 1.96. The molecule has 1 aromatic heterocycles. The molecular formula is C18H26N4O3. The molecule has 1 N–H and O–H groups in total. The molecule has 1 fully saturated rings. The summed E-state index contributed by atoms with van der Waals surface area (Å²) in [5.41, 5.74) is 1.46. The number of hydrogen-bond acceptors (Lipinski definition) is 4. The van der Waals surface area contributed by atoms with E-state index in [1.165, 1.54) is 0 Å². The minimum atomic E-state index is -0.0681. The van der Waals surface area contributed by atoms with E-state index in [1.807, 2.05) is 24.8 Å². The van der Waals surface area contributed by atoms with Crippen LogP contribution in [0.15, 0.2) is 24.0 Å². The number of ether oxygens (including phenoxy) is 1. The predicted molar refractivity (Wildman–Crippen MR) is 94.0 cm³/mol. The Morgan fingerprint density at radius 2 is 2.04 bits per heavy atom. The average molecular weight is 346 g/mol. The third-order valence-corrected chi connectivity index (χ3v) is 4.54. The van der Waals surface area contributed by atoms with E-state index < -0.39 is 0 Å². The standard InChI is InChI=1S/C18H26N4O3/c1-13-9-21(10-14(2)25-13)17(23)12-22-11-16(8-19-22)20-18(24)15-6-4-3-5-7-15/h6,8,11,13-14H,3-5,7,9-10,12H2,1-2H3,(H,20,24)/t13-,14-/m1/s1. The number of carbonyl (C=O) groups excluding carboxylic acids is 2. The molecule has 7 nitrogen and oxygen atoms in total. The van der Waals surface area contributed by atoms with Crippen molar-refractivity contribution in [1.82, 2.24) is 14.7 Å². The lowest BCUT2D eigenvalue weighted by Crippen LogP contribution is -2.49. The summed E-state index contributed by atoms with van der Waals surface area (Å²) in [6, 6.07) is 0. The van der Waals surface area contributed by atoms with E-state index in [4.69, 9.17) is 4.74 Å². The van der Waals surface area contributed by atoms with Gasteiger partial charge in [0.15, 0.2) is 0 Å². The smallest absolute Gasteiger partial charge is 0.251 e. The molecule has 0 saturated carbocycles. The van der Waals surface area contributed by atoms with E-state index in [1.54, 1.807) is 17.1 Å². The monoisotopic (exact) mass is 346 g/mol. The maximum Gasteiger partial charge on any atom is 0.251 e. The van der Waals surface area contributed by atoms with Gasteiger partial charge in [0.1, 0.15) is 6.54 Å². The fraction of sp³-hybridized carbons (Fsp3) is 0.611. The van der Waals surface area contributed by atoms with E-state index in [-0.39, 0.29) is 30.6 Å². The van der Waals surface area contributed by atoms with Crippen LogP contribution in [0.1, 0.15) is 39.5 Å². The normalized spacial score (nSPS) is 23.9. The molecule has 1 aromatic rings. The molecular weight excluding hydrogens is 320 g/mol. The number of allylic oxidation sites excluding steroid dienone is 1. The molecule has 1 aliphatic heterocycles. The summed E-state index contributed by atoms with van der Waals surface area (Å²) in [5.74, 6) is -0.0561. The zero-order valence-electron chi connectivity index (χ0n) is 14.9. The van der Waals surface area contributed by atoms with Crippen LogP contribution in [0.4, 0.5) is 5.69 Å². The summed E-state index contributed by atoms with van der Waals surface area (Å²) in [5, 5.41) is 7.05. The van der Waals surface area contributed by atoms with Crippen molar-refractivity contribution in [2.45, 2.75) is 58.3 Å². The van der Waals surface area contributed by atoms with Gasteiger partial charge in [-0.1, -0.05) is 6.08 Å². The van der Waals surface area contributed by atoms with E-state index >= 15 is 0 Å². The van der Waals surface area contributed by atoms with Gasteiger partial charge in [0.25, 0.3) is 5.91 Å². The molecule has 0 spiro atoms.